The zero-order chi connectivity index (χ0) is 20.5. The number of hydrogen-bond donors (Lipinski definition) is 0. The number of rotatable bonds is 10. The Kier molecular flexibility index (Phi) is 8.58. The van der Waals surface area contributed by atoms with Crippen molar-refractivity contribution in [3.8, 4) is 5.75 Å². The van der Waals surface area contributed by atoms with E-state index in [9.17, 15) is 4.79 Å². The predicted molar refractivity (Wildman–Crippen MR) is 113 cm³/mol. The average molecular weight is 405 g/mol. The van der Waals surface area contributed by atoms with Gasteiger partial charge in [0.25, 0.3) is 0 Å². The molecule has 0 aliphatic heterocycles. The zero-order valence-electron chi connectivity index (χ0n) is 17.1. The number of aryl methyl sites for hydroxylation is 1. The number of aromatic nitrogens is 2. The van der Waals surface area contributed by atoms with E-state index in [-0.39, 0.29) is 5.97 Å². The molecule has 6 heteroatoms. The van der Waals surface area contributed by atoms with Crippen LogP contribution in [0, 0.1) is 6.92 Å². The van der Waals surface area contributed by atoms with Crippen molar-refractivity contribution in [1.29, 1.82) is 0 Å². The number of carbonyl (C=O) groups is 1. The molecule has 152 valence electrons. The topological polar surface area (TPSA) is 53.4 Å². The van der Waals surface area contributed by atoms with Crippen LogP contribution in [-0.2, 0) is 16.1 Å². The van der Waals surface area contributed by atoms with Crippen molar-refractivity contribution in [2.75, 3.05) is 13.2 Å². The summed E-state index contributed by atoms with van der Waals surface area (Å²) in [6.45, 7) is 9.23. The monoisotopic (exact) mass is 404 g/mol. The SMILES string of the molecule is CCCCCOc1ccc(Cn2c(C=C(C)C(=O)OCC)cnc2C)c(Cl)c1. The van der Waals surface area contributed by atoms with Crippen molar-refractivity contribution in [2.24, 2.45) is 0 Å². The summed E-state index contributed by atoms with van der Waals surface area (Å²) in [5.74, 6) is 1.31. The summed E-state index contributed by atoms with van der Waals surface area (Å²) in [7, 11) is 0. The molecule has 1 aromatic carbocycles. The Hall–Kier alpha value is -2.27. The molecule has 0 fully saturated rings. The highest BCUT2D eigenvalue weighted by atomic mass is 35.5. The molecule has 0 aliphatic carbocycles. The van der Waals surface area contributed by atoms with E-state index in [0.29, 0.717) is 30.4 Å². The minimum Gasteiger partial charge on any atom is -0.494 e. The summed E-state index contributed by atoms with van der Waals surface area (Å²) in [5.41, 5.74) is 2.33. The molecule has 0 amide bonds. The highest BCUT2D eigenvalue weighted by Crippen LogP contribution is 2.25. The van der Waals surface area contributed by atoms with Gasteiger partial charge in [-0.15, -0.1) is 0 Å². The second-order valence-corrected chi connectivity index (χ2v) is 7.08. The normalized spacial score (nSPS) is 11.5. The number of ether oxygens (including phenoxy) is 2. The number of nitrogens with zero attached hydrogens (tertiary/aromatic N) is 2. The van der Waals surface area contributed by atoms with Crippen LogP contribution in [-0.4, -0.2) is 28.7 Å². The van der Waals surface area contributed by atoms with Crippen LogP contribution in [0.2, 0.25) is 5.02 Å². The molecular weight excluding hydrogens is 376 g/mol. The lowest BCUT2D eigenvalue weighted by molar-refractivity contribution is -0.138. The van der Waals surface area contributed by atoms with Gasteiger partial charge in [0, 0.05) is 10.6 Å². The minimum atomic E-state index is -0.324. The van der Waals surface area contributed by atoms with E-state index >= 15 is 0 Å². The first-order valence-electron chi connectivity index (χ1n) is 9.75. The van der Waals surface area contributed by atoms with Crippen molar-refractivity contribution in [1.82, 2.24) is 9.55 Å². The average Bonchev–Trinajstić information content (AvgIpc) is 3.00. The van der Waals surface area contributed by atoms with E-state index in [0.717, 1.165) is 35.7 Å². The van der Waals surface area contributed by atoms with Gasteiger partial charge in [-0.2, -0.15) is 0 Å². The Balaban J connectivity index is 2.14. The lowest BCUT2D eigenvalue weighted by Crippen LogP contribution is -2.08. The summed E-state index contributed by atoms with van der Waals surface area (Å²) < 4.78 is 12.8. The predicted octanol–water partition coefficient (Wildman–Crippen LogP) is 5.43. The van der Waals surface area contributed by atoms with Crippen LogP contribution in [0.3, 0.4) is 0 Å². The summed E-state index contributed by atoms with van der Waals surface area (Å²) >= 11 is 6.49. The fourth-order valence-electron chi connectivity index (χ4n) is 2.79. The first-order chi connectivity index (χ1) is 13.5. The first-order valence-corrected chi connectivity index (χ1v) is 10.1. The third-order valence-corrected chi connectivity index (χ3v) is 4.77. The van der Waals surface area contributed by atoms with Crippen LogP contribution in [0.5, 0.6) is 5.75 Å². The largest absolute Gasteiger partial charge is 0.494 e. The van der Waals surface area contributed by atoms with E-state index in [2.05, 4.69) is 11.9 Å². The molecule has 0 atom stereocenters. The summed E-state index contributed by atoms with van der Waals surface area (Å²) in [5, 5.41) is 0.651. The molecule has 0 unspecified atom stereocenters. The molecule has 1 heterocycles. The molecule has 0 saturated carbocycles. The molecule has 2 aromatic rings. The van der Waals surface area contributed by atoms with Gasteiger partial charge in [0.1, 0.15) is 11.6 Å². The van der Waals surface area contributed by atoms with Crippen LogP contribution >= 0.6 is 11.6 Å². The molecule has 0 N–H and O–H groups in total. The number of carbonyl (C=O) groups excluding carboxylic acids is 1. The third kappa shape index (κ3) is 6.13. The van der Waals surface area contributed by atoms with Crippen LogP contribution in [0.25, 0.3) is 6.08 Å². The van der Waals surface area contributed by atoms with E-state index < -0.39 is 0 Å². The Morgan fingerprint density at radius 2 is 2.07 bits per heavy atom. The molecule has 5 nitrogen and oxygen atoms in total. The molecule has 0 spiro atoms. The van der Waals surface area contributed by atoms with Gasteiger partial charge in [-0.3, -0.25) is 0 Å². The number of esters is 1. The van der Waals surface area contributed by atoms with Gasteiger partial charge in [-0.1, -0.05) is 37.4 Å². The summed E-state index contributed by atoms with van der Waals surface area (Å²) in [6.07, 6.45) is 6.90. The van der Waals surface area contributed by atoms with Gasteiger partial charge in [0.2, 0.25) is 0 Å². The lowest BCUT2D eigenvalue weighted by atomic mass is 10.2. The Morgan fingerprint density at radius 1 is 1.29 bits per heavy atom. The highest BCUT2D eigenvalue weighted by Gasteiger charge is 2.11. The quantitative estimate of drug-likeness (QED) is 0.301. The Morgan fingerprint density at radius 3 is 2.75 bits per heavy atom. The molecule has 2 rings (SSSR count). The van der Waals surface area contributed by atoms with Gasteiger partial charge in [-0.25, -0.2) is 9.78 Å². The summed E-state index contributed by atoms with van der Waals surface area (Å²) in [4.78, 5) is 16.3. The van der Waals surface area contributed by atoms with Crippen LogP contribution in [0.4, 0.5) is 0 Å². The van der Waals surface area contributed by atoms with E-state index in [1.165, 1.54) is 6.42 Å². The zero-order valence-corrected chi connectivity index (χ0v) is 17.9. The molecule has 0 bridgehead atoms. The Labute approximate surface area is 172 Å². The molecule has 28 heavy (non-hydrogen) atoms. The van der Waals surface area contributed by atoms with Crippen molar-refractivity contribution in [3.05, 3.63) is 52.1 Å². The van der Waals surface area contributed by atoms with E-state index in [1.807, 2.05) is 29.7 Å². The van der Waals surface area contributed by atoms with E-state index in [1.54, 1.807) is 26.1 Å². The summed E-state index contributed by atoms with van der Waals surface area (Å²) in [6, 6.07) is 5.77. The van der Waals surface area contributed by atoms with Crippen LogP contribution in [0.1, 0.15) is 57.1 Å². The number of benzene rings is 1. The maximum absolute atomic E-state index is 11.9. The Bertz CT molecular complexity index is 827. The highest BCUT2D eigenvalue weighted by molar-refractivity contribution is 6.31. The number of halogens is 1. The smallest absolute Gasteiger partial charge is 0.333 e. The van der Waals surface area contributed by atoms with Gasteiger partial charge in [-0.05, 0) is 51.0 Å². The standard InChI is InChI=1S/C22H29ClN2O3/c1-5-7-8-11-28-20-10-9-18(21(23)13-20)15-25-17(4)24-14-19(25)12-16(3)22(26)27-6-2/h9-10,12-14H,5-8,11,15H2,1-4H3. The van der Waals surface area contributed by atoms with Crippen LogP contribution in [0.15, 0.2) is 30.0 Å². The van der Waals surface area contributed by atoms with E-state index in [4.69, 9.17) is 21.1 Å². The second kappa shape index (κ2) is 10.9. The van der Waals surface area contributed by atoms with Crippen LogP contribution < -0.4 is 4.74 Å². The maximum Gasteiger partial charge on any atom is 0.333 e. The van der Waals surface area contributed by atoms with Gasteiger partial charge in [0.15, 0.2) is 0 Å². The molecule has 0 radical (unpaired) electrons. The lowest BCUT2D eigenvalue weighted by Gasteiger charge is -2.12. The van der Waals surface area contributed by atoms with Crippen molar-refractivity contribution in [3.63, 3.8) is 0 Å². The number of hydrogen-bond acceptors (Lipinski definition) is 4. The maximum atomic E-state index is 11.9. The number of imidazole rings is 1. The van der Waals surface area contributed by atoms with Crippen molar-refractivity contribution >= 4 is 23.6 Å². The van der Waals surface area contributed by atoms with Gasteiger partial charge >= 0.3 is 5.97 Å². The van der Waals surface area contributed by atoms with Crippen molar-refractivity contribution in [2.45, 2.75) is 53.5 Å². The third-order valence-electron chi connectivity index (χ3n) is 4.42. The second-order valence-electron chi connectivity index (χ2n) is 6.67. The molecule has 0 saturated heterocycles. The fourth-order valence-corrected chi connectivity index (χ4v) is 3.02. The first kappa shape index (κ1) is 22.0. The fraction of sp³-hybridized carbons (Fsp3) is 0.455. The van der Waals surface area contributed by atoms with Crippen molar-refractivity contribution < 1.29 is 14.3 Å². The minimum absolute atomic E-state index is 0.324. The van der Waals surface area contributed by atoms with Gasteiger partial charge in [0.05, 0.1) is 31.6 Å². The molecular formula is C22H29ClN2O3. The molecule has 0 aliphatic rings. The molecule has 1 aromatic heterocycles. The van der Waals surface area contributed by atoms with Gasteiger partial charge < -0.3 is 14.0 Å². The number of unbranched alkanes of at least 4 members (excludes halogenated alkanes) is 2.